The maximum atomic E-state index is 4.35. The second-order valence-electron chi connectivity index (χ2n) is 7.54. The lowest BCUT2D eigenvalue weighted by atomic mass is 9.85. The lowest BCUT2D eigenvalue weighted by molar-refractivity contribution is 0.473. The van der Waals surface area contributed by atoms with Crippen LogP contribution < -0.4 is 0 Å². The number of nitrogens with one attached hydrogen (secondary N) is 1. The third-order valence-electron chi connectivity index (χ3n) is 4.67. The van der Waals surface area contributed by atoms with Gasteiger partial charge in [0.05, 0.1) is 0 Å². The van der Waals surface area contributed by atoms with Crippen LogP contribution in [0.5, 0.6) is 0 Å². The third-order valence-corrected chi connectivity index (χ3v) is 4.67. The van der Waals surface area contributed by atoms with Crippen LogP contribution in [0.25, 0.3) is 5.65 Å². The molecule has 2 aromatic heterocycles. The van der Waals surface area contributed by atoms with Crippen LogP contribution in [-0.2, 0) is 18.3 Å². The summed E-state index contributed by atoms with van der Waals surface area (Å²) in [6.45, 7) is 16.6. The first-order valence-corrected chi connectivity index (χ1v) is 11.5. The molecular weight excluding hydrogens is 380 g/mol. The molecule has 0 aliphatic rings. The number of hydrogen-bond acceptors (Lipinski definition) is 2. The highest BCUT2D eigenvalue weighted by atomic mass is 15.4. The molecule has 4 nitrogen and oxygen atoms in total. The van der Waals surface area contributed by atoms with E-state index in [1.807, 2.05) is 57.3 Å². The molecule has 1 N–H and O–H groups in total. The van der Waals surface area contributed by atoms with E-state index in [4.69, 9.17) is 0 Å². The van der Waals surface area contributed by atoms with Crippen LogP contribution in [0, 0.1) is 6.92 Å². The molecule has 0 aliphatic heterocycles. The zero-order valence-electron chi connectivity index (χ0n) is 20.6. The number of hydrogen-bond donors (Lipinski definition) is 1. The van der Waals surface area contributed by atoms with Crippen LogP contribution in [-0.4, -0.2) is 19.8 Å². The first-order valence-electron chi connectivity index (χ1n) is 11.5. The molecule has 0 fully saturated rings. The van der Waals surface area contributed by atoms with Crippen molar-refractivity contribution in [3.63, 3.8) is 0 Å². The molecule has 0 spiro atoms. The Morgan fingerprint density at radius 2 is 1.32 bits per heavy atom. The third kappa shape index (κ3) is 7.71. The zero-order valence-corrected chi connectivity index (χ0v) is 20.6. The van der Waals surface area contributed by atoms with Gasteiger partial charge in [-0.15, -0.1) is 10.2 Å². The average molecular weight is 421 g/mol. The highest BCUT2D eigenvalue weighted by Gasteiger charge is 2.27. The Morgan fingerprint density at radius 1 is 0.806 bits per heavy atom. The standard InChI is InChI=1S/C15H18N4.C8H10.2C2H6/c1-11-9-13-16-17-14(19(13)18-11)15(2,3)10-12-7-5-4-6-8-12;1-2-8-6-4-3-5-7-8;2*1-2/h4-9,18H,10H2,1-3H3;3-7H,2H2,1H3;2*1-2H3. The van der Waals surface area contributed by atoms with Crippen molar-refractivity contribution >= 4 is 5.65 Å². The van der Waals surface area contributed by atoms with E-state index in [-0.39, 0.29) is 5.41 Å². The lowest BCUT2D eigenvalue weighted by Crippen LogP contribution is -2.24. The topological polar surface area (TPSA) is 46.0 Å². The van der Waals surface area contributed by atoms with Crippen molar-refractivity contribution in [2.24, 2.45) is 0 Å². The first-order chi connectivity index (χ1) is 15.0. The van der Waals surface area contributed by atoms with Gasteiger partial charge in [0, 0.05) is 17.2 Å². The second-order valence-corrected chi connectivity index (χ2v) is 7.54. The SMILES string of the molecule is CC.CC.CCc1ccccc1.Cc1cc2nnc(C(C)(C)Cc3ccccc3)n2[nH]1. The Kier molecular flexibility index (Phi) is 11.3. The van der Waals surface area contributed by atoms with Crippen LogP contribution in [0.4, 0.5) is 0 Å². The van der Waals surface area contributed by atoms with Gasteiger partial charge in [-0.1, -0.05) is 109 Å². The molecule has 4 rings (SSSR count). The summed E-state index contributed by atoms with van der Waals surface area (Å²) >= 11 is 0. The summed E-state index contributed by atoms with van der Waals surface area (Å²) in [6, 6.07) is 23.0. The van der Waals surface area contributed by atoms with Gasteiger partial charge in [-0.05, 0) is 30.9 Å². The van der Waals surface area contributed by atoms with Gasteiger partial charge in [0.25, 0.3) is 0 Å². The summed E-state index contributed by atoms with van der Waals surface area (Å²) in [5.74, 6) is 0.972. The van der Waals surface area contributed by atoms with Crippen molar-refractivity contribution < 1.29 is 0 Å². The number of nitrogens with zero attached hydrogens (tertiary/aromatic N) is 3. The summed E-state index contributed by atoms with van der Waals surface area (Å²) in [4.78, 5) is 0. The minimum Gasteiger partial charge on any atom is -0.295 e. The van der Waals surface area contributed by atoms with E-state index in [0.29, 0.717) is 0 Å². The highest BCUT2D eigenvalue weighted by Crippen LogP contribution is 2.26. The fourth-order valence-corrected chi connectivity index (χ4v) is 3.24. The maximum absolute atomic E-state index is 4.35. The number of fused-ring (bicyclic) bond motifs is 1. The van der Waals surface area contributed by atoms with Gasteiger partial charge in [0.1, 0.15) is 0 Å². The fraction of sp³-hybridized carbons (Fsp3) is 0.407. The summed E-state index contributed by atoms with van der Waals surface area (Å²) in [6.07, 6.45) is 2.08. The number of aromatic amines is 1. The van der Waals surface area contributed by atoms with Crippen molar-refractivity contribution in [3.8, 4) is 0 Å². The molecule has 0 atom stereocenters. The molecule has 0 unspecified atom stereocenters. The summed E-state index contributed by atoms with van der Waals surface area (Å²) in [7, 11) is 0. The summed E-state index contributed by atoms with van der Waals surface area (Å²) in [5.41, 5.74) is 4.63. The molecule has 31 heavy (non-hydrogen) atoms. The van der Waals surface area contributed by atoms with E-state index in [9.17, 15) is 0 Å². The molecule has 0 saturated heterocycles. The molecule has 168 valence electrons. The van der Waals surface area contributed by atoms with E-state index in [0.717, 1.165) is 30.0 Å². The number of benzene rings is 2. The molecule has 0 aliphatic carbocycles. The Labute approximate surface area is 188 Å². The lowest BCUT2D eigenvalue weighted by Gasteiger charge is -2.22. The molecular formula is C27H40N4. The first kappa shape index (κ1) is 26.2. The van der Waals surface area contributed by atoms with Crippen LogP contribution in [0.1, 0.15) is 71.1 Å². The predicted octanol–water partition coefficient (Wildman–Crippen LogP) is 7.19. The molecule has 0 radical (unpaired) electrons. The molecule has 0 saturated carbocycles. The van der Waals surface area contributed by atoms with Gasteiger partial charge in [0.2, 0.25) is 0 Å². The van der Waals surface area contributed by atoms with E-state index in [1.54, 1.807) is 0 Å². The van der Waals surface area contributed by atoms with E-state index < -0.39 is 0 Å². The average Bonchev–Trinajstić information content (AvgIpc) is 3.37. The minimum atomic E-state index is -0.0714. The molecule has 0 bridgehead atoms. The molecule has 2 aromatic carbocycles. The van der Waals surface area contributed by atoms with Crippen LogP contribution in [0.3, 0.4) is 0 Å². The van der Waals surface area contributed by atoms with Gasteiger partial charge < -0.3 is 0 Å². The van der Waals surface area contributed by atoms with Crippen molar-refractivity contribution in [3.05, 3.63) is 89.4 Å². The van der Waals surface area contributed by atoms with Crippen molar-refractivity contribution in [2.75, 3.05) is 0 Å². The minimum absolute atomic E-state index is 0.0714. The van der Waals surface area contributed by atoms with Crippen molar-refractivity contribution in [1.29, 1.82) is 0 Å². The summed E-state index contributed by atoms with van der Waals surface area (Å²) in [5, 5.41) is 11.9. The van der Waals surface area contributed by atoms with Gasteiger partial charge in [-0.2, -0.15) is 0 Å². The largest absolute Gasteiger partial charge is 0.295 e. The van der Waals surface area contributed by atoms with Gasteiger partial charge in [-0.3, -0.25) is 5.10 Å². The number of aryl methyl sites for hydroxylation is 2. The Balaban J connectivity index is 0.000000336. The second kappa shape index (κ2) is 13.4. The van der Waals surface area contributed by atoms with E-state index in [1.165, 1.54) is 11.1 Å². The Morgan fingerprint density at radius 3 is 1.81 bits per heavy atom. The molecule has 4 aromatic rings. The normalized spacial score (nSPS) is 10.2. The van der Waals surface area contributed by atoms with Gasteiger partial charge in [-0.25, -0.2) is 4.52 Å². The van der Waals surface area contributed by atoms with E-state index >= 15 is 0 Å². The monoisotopic (exact) mass is 420 g/mol. The summed E-state index contributed by atoms with van der Waals surface area (Å²) < 4.78 is 1.98. The van der Waals surface area contributed by atoms with Crippen LogP contribution in [0.15, 0.2) is 66.7 Å². The smallest absolute Gasteiger partial charge is 0.177 e. The predicted molar refractivity (Wildman–Crippen MR) is 134 cm³/mol. The molecule has 0 amide bonds. The van der Waals surface area contributed by atoms with Crippen molar-refractivity contribution in [1.82, 2.24) is 19.8 Å². The number of rotatable bonds is 4. The molecule has 2 heterocycles. The zero-order chi connectivity index (χ0) is 23.3. The van der Waals surface area contributed by atoms with Crippen LogP contribution >= 0.6 is 0 Å². The number of aromatic nitrogens is 4. The fourth-order valence-electron chi connectivity index (χ4n) is 3.24. The highest BCUT2D eigenvalue weighted by molar-refractivity contribution is 5.39. The Bertz CT molecular complexity index is 966. The van der Waals surface area contributed by atoms with E-state index in [2.05, 4.69) is 84.6 Å². The molecule has 4 heteroatoms. The van der Waals surface area contributed by atoms with Gasteiger partial charge in [0.15, 0.2) is 11.5 Å². The quantitative estimate of drug-likeness (QED) is 0.380. The maximum Gasteiger partial charge on any atom is 0.177 e. The Hall–Kier alpha value is -2.88. The van der Waals surface area contributed by atoms with Crippen molar-refractivity contribution in [2.45, 2.75) is 73.6 Å². The van der Waals surface area contributed by atoms with Gasteiger partial charge >= 0.3 is 0 Å². The van der Waals surface area contributed by atoms with Crippen LogP contribution in [0.2, 0.25) is 0 Å². The number of H-pyrrole nitrogens is 1.